The van der Waals surface area contributed by atoms with E-state index in [1.807, 2.05) is 0 Å². The standard InChI is InChI=1S/C9H7ClF2OS/c1-9(11,12)14-7-4-2-3-6(5-13)8(7)10/h2-5H,1H3. The summed E-state index contributed by atoms with van der Waals surface area (Å²) in [4.78, 5) is 10.7. The molecule has 1 aromatic rings. The van der Waals surface area contributed by atoms with Crippen LogP contribution in [0.2, 0.25) is 5.02 Å². The summed E-state index contributed by atoms with van der Waals surface area (Å²) >= 11 is 6.06. The van der Waals surface area contributed by atoms with Gasteiger partial charge in [0.15, 0.2) is 6.29 Å². The number of carbonyl (C=O) groups is 1. The largest absolute Gasteiger partial charge is 0.298 e. The molecule has 0 aliphatic heterocycles. The third-order valence-electron chi connectivity index (χ3n) is 1.41. The summed E-state index contributed by atoms with van der Waals surface area (Å²) in [7, 11) is 0. The highest BCUT2D eigenvalue weighted by molar-refractivity contribution is 8.00. The second kappa shape index (κ2) is 4.28. The molecule has 76 valence electrons. The molecule has 1 aromatic carbocycles. The molecule has 0 aliphatic rings. The van der Waals surface area contributed by atoms with Crippen LogP contribution in [0.15, 0.2) is 23.1 Å². The first-order valence-electron chi connectivity index (χ1n) is 3.74. The van der Waals surface area contributed by atoms with Crippen LogP contribution < -0.4 is 0 Å². The fourth-order valence-electron chi connectivity index (χ4n) is 0.891. The van der Waals surface area contributed by atoms with Crippen molar-refractivity contribution in [2.75, 3.05) is 0 Å². The number of alkyl halides is 2. The predicted octanol–water partition coefficient (Wildman–Crippen LogP) is 3.86. The van der Waals surface area contributed by atoms with E-state index < -0.39 is 5.25 Å². The summed E-state index contributed by atoms with van der Waals surface area (Å²) in [5, 5.41) is -2.82. The van der Waals surface area contributed by atoms with Crippen molar-refractivity contribution in [3.05, 3.63) is 28.8 Å². The normalized spacial score (nSPS) is 11.4. The lowest BCUT2D eigenvalue weighted by molar-refractivity contribution is 0.112. The highest BCUT2D eigenvalue weighted by Gasteiger charge is 2.24. The van der Waals surface area contributed by atoms with Crippen LogP contribution in [0.1, 0.15) is 17.3 Å². The average molecular weight is 237 g/mol. The quantitative estimate of drug-likeness (QED) is 0.586. The van der Waals surface area contributed by atoms with E-state index in [1.54, 1.807) is 0 Å². The molecule has 0 radical (unpaired) electrons. The van der Waals surface area contributed by atoms with Crippen molar-refractivity contribution >= 4 is 29.6 Å². The molecule has 0 amide bonds. The second-order valence-electron chi connectivity index (χ2n) is 2.69. The summed E-state index contributed by atoms with van der Waals surface area (Å²) in [6.07, 6.45) is 0.542. The molecule has 5 heteroatoms. The maximum absolute atomic E-state index is 12.6. The molecule has 0 heterocycles. The lowest BCUT2D eigenvalue weighted by atomic mass is 10.2. The van der Waals surface area contributed by atoms with Gasteiger partial charge in [-0.2, -0.15) is 8.78 Å². The Morgan fingerprint density at radius 2 is 2.14 bits per heavy atom. The Bertz CT molecular complexity index is 349. The molecular weight excluding hydrogens is 230 g/mol. The molecule has 0 N–H and O–H groups in total. The molecule has 0 unspecified atom stereocenters. The van der Waals surface area contributed by atoms with E-state index >= 15 is 0 Å². The van der Waals surface area contributed by atoms with Crippen LogP contribution in [0.25, 0.3) is 0 Å². The second-order valence-corrected chi connectivity index (χ2v) is 4.43. The zero-order valence-corrected chi connectivity index (χ0v) is 8.83. The number of halogens is 3. The molecule has 0 saturated carbocycles. The van der Waals surface area contributed by atoms with Gasteiger partial charge in [-0.3, -0.25) is 4.79 Å². The van der Waals surface area contributed by atoms with Crippen molar-refractivity contribution in [3.8, 4) is 0 Å². The fraction of sp³-hybridized carbons (Fsp3) is 0.222. The fourth-order valence-corrected chi connectivity index (χ4v) is 1.92. The maximum atomic E-state index is 12.6. The molecule has 14 heavy (non-hydrogen) atoms. The van der Waals surface area contributed by atoms with Gasteiger partial charge in [0, 0.05) is 17.4 Å². The molecule has 0 fully saturated rings. The van der Waals surface area contributed by atoms with Gasteiger partial charge in [-0.15, -0.1) is 0 Å². The minimum atomic E-state index is -2.90. The lowest BCUT2D eigenvalue weighted by Gasteiger charge is -2.11. The number of carbonyl (C=O) groups excluding carboxylic acids is 1. The number of hydrogen-bond donors (Lipinski definition) is 0. The zero-order chi connectivity index (χ0) is 10.8. The molecular formula is C9H7ClF2OS. The van der Waals surface area contributed by atoms with Crippen LogP contribution in [0.4, 0.5) is 8.78 Å². The third kappa shape index (κ3) is 2.96. The summed E-state index contributed by atoms with van der Waals surface area (Å²) < 4.78 is 25.3. The number of thioether (sulfide) groups is 1. The Kier molecular flexibility index (Phi) is 3.50. The molecule has 1 nitrogen and oxygen atoms in total. The van der Waals surface area contributed by atoms with Crippen LogP contribution in [-0.2, 0) is 0 Å². The molecule has 1 rings (SSSR count). The Balaban J connectivity index is 3.04. The van der Waals surface area contributed by atoms with Gasteiger partial charge in [0.05, 0.1) is 5.02 Å². The van der Waals surface area contributed by atoms with Gasteiger partial charge in [-0.25, -0.2) is 0 Å². The highest BCUT2D eigenvalue weighted by Crippen LogP contribution is 2.39. The molecule has 0 bridgehead atoms. The molecule has 0 atom stereocenters. The Morgan fingerprint density at radius 1 is 1.50 bits per heavy atom. The molecule has 0 spiro atoms. The van der Waals surface area contributed by atoms with E-state index in [4.69, 9.17) is 11.6 Å². The van der Waals surface area contributed by atoms with E-state index in [1.165, 1.54) is 18.2 Å². The van der Waals surface area contributed by atoms with Gasteiger partial charge in [-0.05, 0) is 6.07 Å². The lowest BCUT2D eigenvalue weighted by Crippen LogP contribution is -2.02. The first kappa shape index (κ1) is 11.5. The Labute approximate surface area is 89.4 Å². The van der Waals surface area contributed by atoms with Crippen molar-refractivity contribution in [3.63, 3.8) is 0 Å². The van der Waals surface area contributed by atoms with E-state index in [0.29, 0.717) is 18.0 Å². The zero-order valence-electron chi connectivity index (χ0n) is 7.26. The van der Waals surface area contributed by atoms with E-state index in [-0.39, 0.29) is 15.5 Å². The first-order chi connectivity index (χ1) is 6.44. The van der Waals surface area contributed by atoms with Gasteiger partial charge in [0.1, 0.15) is 0 Å². The minimum absolute atomic E-state index is 0.0778. The number of aldehydes is 1. The predicted molar refractivity (Wildman–Crippen MR) is 53.3 cm³/mol. The summed E-state index contributed by atoms with van der Waals surface area (Å²) in [6.45, 7) is 0.779. The van der Waals surface area contributed by atoms with Crippen LogP contribution in [0.3, 0.4) is 0 Å². The monoisotopic (exact) mass is 236 g/mol. The topological polar surface area (TPSA) is 17.1 Å². The van der Waals surface area contributed by atoms with Crippen molar-refractivity contribution < 1.29 is 13.6 Å². The van der Waals surface area contributed by atoms with Gasteiger partial charge in [0.25, 0.3) is 5.25 Å². The van der Waals surface area contributed by atoms with E-state index in [2.05, 4.69) is 0 Å². The average Bonchev–Trinajstić information content (AvgIpc) is 2.06. The molecule has 0 aliphatic carbocycles. The highest BCUT2D eigenvalue weighted by atomic mass is 35.5. The van der Waals surface area contributed by atoms with Crippen LogP contribution in [0, 0.1) is 0 Å². The van der Waals surface area contributed by atoms with Gasteiger partial charge in [0.2, 0.25) is 0 Å². The minimum Gasteiger partial charge on any atom is -0.298 e. The van der Waals surface area contributed by atoms with Crippen LogP contribution in [-0.4, -0.2) is 11.5 Å². The van der Waals surface area contributed by atoms with Gasteiger partial charge in [-0.1, -0.05) is 35.5 Å². The van der Waals surface area contributed by atoms with Gasteiger partial charge >= 0.3 is 0 Å². The summed E-state index contributed by atoms with van der Waals surface area (Å²) in [5.74, 6) is 0. The third-order valence-corrected chi connectivity index (χ3v) is 2.86. The van der Waals surface area contributed by atoms with Crippen molar-refractivity contribution in [1.29, 1.82) is 0 Å². The summed E-state index contributed by atoms with van der Waals surface area (Å²) in [5.41, 5.74) is 0.223. The summed E-state index contributed by atoms with van der Waals surface area (Å²) in [6, 6.07) is 4.45. The van der Waals surface area contributed by atoms with E-state index in [9.17, 15) is 13.6 Å². The number of hydrogen-bond acceptors (Lipinski definition) is 2. The van der Waals surface area contributed by atoms with Crippen molar-refractivity contribution in [2.24, 2.45) is 0 Å². The first-order valence-corrected chi connectivity index (χ1v) is 4.94. The van der Waals surface area contributed by atoms with Crippen LogP contribution in [0.5, 0.6) is 0 Å². The Morgan fingerprint density at radius 3 is 2.64 bits per heavy atom. The number of benzene rings is 1. The smallest absolute Gasteiger partial charge is 0.295 e. The van der Waals surface area contributed by atoms with E-state index in [0.717, 1.165) is 6.92 Å². The van der Waals surface area contributed by atoms with Crippen LogP contribution >= 0.6 is 23.4 Å². The van der Waals surface area contributed by atoms with Crippen molar-refractivity contribution in [2.45, 2.75) is 17.1 Å². The number of rotatable bonds is 3. The molecule has 0 saturated heterocycles. The van der Waals surface area contributed by atoms with Crippen molar-refractivity contribution in [1.82, 2.24) is 0 Å². The van der Waals surface area contributed by atoms with Gasteiger partial charge < -0.3 is 0 Å². The SMILES string of the molecule is CC(F)(F)Sc1cccc(C=O)c1Cl. The Hall–Kier alpha value is -0.610. The maximum Gasteiger partial charge on any atom is 0.295 e. The molecule has 0 aromatic heterocycles.